The Kier molecular flexibility index (Phi) is 6.80. The summed E-state index contributed by atoms with van der Waals surface area (Å²) in [4.78, 5) is 14.8. The van der Waals surface area contributed by atoms with Crippen molar-refractivity contribution in [3.63, 3.8) is 0 Å². The SMILES string of the molecule is O=C([O-])c1cc(C2=C(c3cc(Cl)ccc3OCc3c(F)cccc3F)CCC2)cnc1C(F)(F)F. The van der Waals surface area contributed by atoms with Crippen molar-refractivity contribution >= 4 is 28.7 Å². The van der Waals surface area contributed by atoms with E-state index in [0.717, 1.165) is 24.4 Å². The molecule has 0 unspecified atom stereocenters. The van der Waals surface area contributed by atoms with Crippen LogP contribution in [0.25, 0.3) is 11.1 Å². The zero-order valence-electron chi connectivity index (χ0n) is 17.9. The average molecular weight is 509 g/mol. The highest BCUT2D eigenvalue weighted by atomic mass is 35.5. The topological polar surface area (TPSA) is 62.2 Å². The summed E-state index contributed by atoms with van der Waals surface area (Å²) in [6, 6.07) is 8.97. The van der Waals surface area contributed by atoms with Gasteiger partial charge < -0.3 is 14.6 Å². The van der Waals surface area contributed by atoms with Gasteiger partial charge in [-0.25, -0.2) is 8.78 Å². The Balaban J connectivity index is 1.77. The van der Waals surface area contributed by atoms with Crippen LogP contribution in [0, 0.1) is 11.6 Å². The van der Waals surface area contributed by atoms with E-state index in [1.54, 1.807) is 6.07 Å². The molecule has 0 saturated heterocycles. The number of carboxylic acids is 1. The zero-order chi connectivity index (χ0) is 25.3. The van der Waals surface area contributed by atoms with Crippen molar-refractivity contribution in [1.29, 1.82) is 0 Å². The van der Waals surface area contributed by atoms with Gasteiger partial charge in [-0.3, -0.25) is 4.98 Å². The second-order valence-electron chi connectivity index (χ2n) is 7.85. The van der Waals surface area contributed by atoms with Crippen molar-refractivity contribution in [2.75, 3.05) is 0 Å². The summed E-state index contributed by atoms with van der Waals surface area (Å²) in [5.74, 6) is -3.28. The van der Waals surface area contributed by atoms with Gasteiger partial charge in [0.2, 0.25) is 0 Å². The predicted molar refractivity (Wildman–Crippen MR) is 116 cm³/mol. The van der Waals surface area contributed by atoms with E-state index in [0.29, 0.717) is 41.0 Å². The van der Waals surface area contributed by atoms with Crippen molar-refractivity contribution in [1.82, 2.24) is 4.98 Å². The highest BCUT2D eigenvalue weighted by Crippen LogP contribution is 2.44. The maximum Gasteiger partial charge on any atom is 0.433 e. The summed E-state index contributed by atoms with van der Waals surface area (Å²) in [5, 5.41) is 11.7. The number of pyridine rings is 1. The normalized spacial score (nSPS) is 13.9. The Morgan fingerprint density at radius 1 is 1.06 bits per heavy atom. The Labute approximate surface area is 201 Å². The van der Waals surface area contributed by atoms with Gasteiger partial charge in [-0.15, -0.1) is 0 Å². The standard InChI is InChI=1S/C25H17ClF5NO3/c26-14-7-8-22(35-12-19-20(27)5-2-6-21(19)28)17(10-14)16-4-1-3-15(16)13-9-18(24(33)34)23(32-11-13)25(29,30)31/h2,5-11H,1,3-4,12H2,(H,33,34)/p-1. The third-order valence-electron chi connectivity index (χ3n) is 5.64. The number of allylic oxidation sites excluding steroid dienone is 2. The Bertz CT molecular complexity index is 1320. The third-order valence-corrected chi connectivity index (χ3v) is 5.88. The van der Waals surface area contributed by atoms with Crippen molar-refractivity contribution in [2.24, 2.45) is 0 Å². The number of rotatable bonds is 6. The summed E-state index contributed by atoms with van der Waals surface area (Å²) in [6.45, 7) is -0.410. The molecule has 10 heteroatoms. The zero-order valence-corrected chi connectivity index (χ0v) is 18.6. The highest BCUT2D eigenvalue weighted by Gasteiger charge is 2.36. The molecular weight excluding hydrogens is 493 g/mol. The van der Waals surface area contributed by atoms with Crippen LogP contribution < -0.4 is 9.84 Å². The lowest BCUT2D eigenvalue weighted by Gasteiger charge is -2.17. The summed E-state index contributed by atoms with van der Waals surface area (Å²) in [6.07, 6.45) is -2.45. The minimum absolute atomic E-state index is 0.191. The second kappa shape index (κ2) is 9.65. The first-order chi connectivity index (χ1) is 16.6. The number of halogens is 6. The minimum atomic E-state index is -4.96. The molecule has 0 N–H and O–H groups in total. The van der Waals surface area contributed by atoms with Gasteiger partial charge in [-0.2, -0.15) is 13.2 Å². The molecule has 1 heterocycles. The highest BCUT2D eigenvalue weighted by molar-refractivity contribution is 6.30. The van der Waals surface area contributed by atoms with Gasteiger partial charge in [0.05, 0.1) is 11.5 Å². The van der Waals surface area contributed by atoms with E-state index in [-0.39, 0.29) is 16.9 Å². The van der Waals surface area contributed by atoms with E-state index in [4.69, 9.17) is 16.3 Å². The van der Waals surface area contributed by atoms with Crippen LogP contribution in [-0.2, 0) is 12.8 Å². The molecule has 0 amide bonds. The molecule has 4 nitrogen and oxygen atoms in total. The van der Waals surface area contributed by atoms with Gasteiger partial charge in [0.15, 0.2) is 5.69 Å². The average Bonchev–Trinajstić information content (AvgIpc) is 3.28. The molecule has 0 spiro atoms. The number of carbonyl (C=O) groups is 1. The number of benzene rings is 2. The second-order valence-corrected chi connectivity index (χ2v) is 8.28. The molecule has 1 aliphatic rings. The lowest BCUT2D eigenvalue weighted by Crippen LogP contribution is -2.27. The van der Waals surface area contributed by atoms with Crippen LogP contribution in [0.3, 0.4) is 0 Å². The number of hydrogen-bond donors (Lipinski definition) is 0. The van der Waals surface area contributed by atoms with Gasteiger partial charge in [0.1, 0.15) is 24.0 Å². The van der Waals surface area contributed by atoms with Crippen LogP contribution in [0.2, 0.25) is 5.02 Å². The smallest absolute Gasteiger partial charge is 0.433 e. The van der Waals surface area contributed by atoms with E-state index in [1.807, 2.05) is 0 Å². The number of nitrogens with zero attached hydrogens (tertiary/aromatic N) is 1. The molecule has 0 saturated carbocycles. The fraction of sp³-hybridized carbons (Fsp3) is 0.200. The molecule has 182 valence electrons. The number of carbonyl (C=O) groups excluding carboxylic acids is 1. The number of aromatic nitrogens is 1. The first kappa shape index (κ1) is 24.7. The Morgan fingerprint density at radius 3 is 2.40 bits per heavy atom. The number of carboxylic acid groups (broad SMARTS) is 1. The quantitative estimate of drug-likeness (QED) is 0.379. The molecule has 35 heavy (non-hydrogen) atoms. The monoisotopic (exact) mass is 508 g/mol. The van der Waals surface area contributed by atoms with Gasteiger partial charge >= 0.3 is 6.18 Å². The van der Waals surface area contributed by atoms with E-state index in [1.165, 1.54) is 18.2 Å². The molecule has 2 aromatic carbocycles. The van der Waals surface area contributed by atoms with Gasteiger partial charge in [-0.1, -0.05) is 17.7 Å². The first-order valence-electron chi connectivity index (χ1n) is 10.4. The number of ether oxygens (including phenoxy) is 1. The Morgan fingerprint density at radius 2 is 1.74 bits per heavy atom. The lowest BCUT2D eigenvalue weighted by atomic mass is 9.96. The summed E-state index contributed by atoms with van der Waals surface area (Å²) in [7, 11) is 0. The summed E-state index contributed by atoms with van der Waals surface area (Å²) < 4.78 is 73.3. The Hall–Kier alpha value is -3.46. The van der Waals surface area contributed by atoms with Crippen molar-refractivity contribution in [2.45, 2.75) is 32.0 Å². The summed E-state index contributed by atoms with van der Waals surface area (Å²) >= 11 is 6.17. The fourth-order valence-electron chi connectivity index (χ4n) is 4.05. The van der Waals surface area contributed by atoms with E-state index < -0.39 is 41.6 Å². The largest absolute Gasteiger partial charge is 0.545 e. The number of hydrogen-bond acceptors (Lipinski definition) is 4. The maximum absolute atomic E-state index is 14.0. The van der Waals surface area contributed by atoms with Crippen molar-refractivity contribution in [3.8, 4) is 5.75 Å². The van der Waals surface area contributed by atoms with Crippen molar-refractivity contribution in [3.05, 3.63) is 93.3 Å². The van der Waals surface area contributed by atoms with Crippen LogP contribution in [0.1, 0.15) is 52.0 Å². The van der Waals surface area contributed by atoms with E-state index >= 15 is 0 Å². The molecule has 1 aliphatic carbocycles. The van der Waals surface area contributed by atoms with E-state index in [9.17, 15) is 31.9 Å². The van der Waals surface area contributed by atoms with Crippen LogP contribution in [0.15, 0.2) is 48.7 Å². The van der Waals surface area contributed by atoms with Gasteiger partial charge in [0, 0.05) is 22.3 Å². The van der Waals surface area contributed by atoms with Gasteiger partial charge in [-0.05, 0) is 72.4 Å². The predicted octanol–water partition coefficient (Wildman–Crippen LogP) is 6.07. The molecule has 0 radical (unpaired) electrons. The van der Waals surface area contributed by atoms with Crippen molar-refractivity contribution < 1.29 is 36.6 Å². The lowest BCUT2D eigenvalue weighted by molar-refractivity contribution is -0.255. The molecule has 0 aliphatic heterocycles. The molecule has 1 aromatic heterocycles. The van der Waals surface area contributed by atoms with Crippen LogP contribution in [0.5, 0.6) is 5.75 Å². The first-order valence-corrected chi connectivity index (χ1v) is 10.8. The summed E-state index contributed by atoms with van der Waals surface area (Å²) in [5.41, 5.74) is -0.973. The molecular formula is C25H16ClF5NO3-. The third kappa shape index (κ3) is 5.14. The molecule has 4 rings (SSSR count). The van der Waals surface area contributed by atoms with Crippen LogP contribution in [0.4, 0.5) is 22.0 Å². The molecule has 0 bridgehead atoms. The molecule has 3 aromatic rings. The molecule has 0 fully saturated rings. The molecule has 0 atom stereocenters. The van der Waals surface area contributed by atoms with Gasteiger partial charge in [0.25, 0.3) is 0 Å². The fourth-order valence-corrected chi connectivity index (χ4v) is 4.23. The number of alkyl halides is 3. The maximum atomic E-state index is 14.0. The van der Waals surface area contributed by atoms with E-state index in [2.05, 4.69) is 4.98 Å². The minimum Gasteiger partial charge on any atom is -0.545 e. The number of aromatic carboxylic acids is 1. The van der Waals surface area contributed by atoms with Crippen LogP contribution >= 0.6 is 11.6 Å². The van der Waals surface area contributed by atoms with Crippen LogP contribution in [-0.4, -0.2) is 11.0 Å².